The van der Waals surface area contributed by atoms with Crippen molar-refractivity contribution in [2.24, 2.45) is 0 Å². The summed E-state index contributed by atoms with van der Waals surface area (Å²) in [6.07, 6.45) is 7.61. The van der Waals surface area contributed by atoms with E-state index in [9.17, 15) is 4.79 Å². The first kappa shape index (κ1) is 16.5. The van der Waals surface area contributed by atoms with Crippen LogP contribution in [-0.4, -0.2) is 34.2 Å². The number of nitrogens with zero attached hydrogens (tertiary/aromatic N) is 2. The molecule has 6 nitrogen and oxygen atoms in total. The summed E-state index contributed by atoms with van der Waals surface area (Å²) in [5.74, 6) is 0.942. The normalized spacial score (nSPS) is 13.4. The first-order chi connectivity index (χ1) is 11.7. The van der Waals surface area contributed by atoms with Gasteiger partial charge in [-0.2, -0.15) is 5.10 Å². The van der Waals surface area contributed by atoms with E-state index < -0.39 is 0 Å². The molecule has 0 aromatic carbocycles. The van der Waals surface area contributed by atoms with Crippen LogP contribution in [0.5, 0.6) is 0 Å². The molecule has 3 N–H and O–H groups in total. The van der Waals surface area contributed by atoms with Crippen molar-refractivity contribution < 1.29 is 4.79 Å². The Hall–Kier alpha value is -2.37. The number of nitrogens with one attached hydrogen (secondary N) is 3. The van der Waals surface area contributed by atoms with Gasteiger partial charge < -0.3 is 10.6 Å². The van der Waals surface area contributed by atoms with Crippen LogP contribution in [0.1, 0.15) is 41.8 Å². The van der Waals surface area contributed by atoms with Gasteiger partial charge in [-0.15, -0.1) is 0 Å². The highest BCUT2D eigenvalue weighted by Crippen LogP contribution is 2.22. The zero-order chi connectivity index (χ0) is 16.8. The first-order valence-corrected chi connectivity index (χ1v) is 8.71. The van der Waals surface area contributed by atoms with Gasteiger partial charge in [-0.25, -0.2) is 4.98 Å². The van der Waals surface area contributed by atoms with E-state index in [0.717, 1.165) is 29.9 Å². The molecule has 0 fully saturated rings. The molecular weight excluding hydrogens is 302 g/mol. The van der Waals surface area contributed by atoms with Gasteiger partial charge in [0, 0.05) is 37.8 Å². The molecule has 1 amide bonds. The summed E-state index contributed by atoms with van der Waals surface area (Å²) in [6, 6.07) is 3.93. The molecule has 0 bridgehead atoms. The van der Waals surface area contributed by atoms with Crippen LogP contribution < -0.4 is 10.6 Å². The number of rotatable bonds is 7. The maximum atomic E-state index is 12.0. The molecule has 0 unspecified atom stereocenters. The van der Waals surface area contributed by atoms with Crippen LogP contribution in [0.4, 0.5) is 5.82 Å². The Kier molecular flexibility index (Phi) is 5.46. The number of carbonyl (C=O) groups is 1. The van der Waals surface area contributed by atoms with E-state index in [1.54, 1.807) is 6.20 Å². The van der Waals surface area contributed by atoms with Gasteiger partial charge in [-0.05, 0) is 49.8 Å². The fraction of sp³-hybridized carbons (Fsp3) is 0.500. The van der Waals surface area contributed by atoms with E-state index in [1.807, 2.05) is 19.1 Å². The van der Waals surface area contributed by atoms with Gasteiger partial charge in [-0.1, -0.05) is 6.07 Å². The Morgan fingerprint density at radius 3 is 3.04 bits per heavy atom. The Balaban J connectivity index is 1.37. The number of anilines is 1. The second-order valence-electron chi connectivity index (χ2n) is 6.28. The van der Waals surface area contributed by atoms with Crippen molar-refractivity contribution in [1.29, 1.82) is 0 Å². The molecule has 0 aliphatic heterocycles. The molecule has 0 saturated carbocycles. The maximum absolute atomic E-state index is 12.0. The number of pyridine rings is 1. The van der Waals surface area contributed by atoms with E-state index in [2.05, 4.69) is 25.8 Å². The van der Waals surface area contributed by atoms with E-state index in [-0.39, 0.29) is 5.91 Å². The summed E-state index contributed by atoms with van der Waals surface area (Å²) >= 11 is 0. The van der Waals surface area contributed by atoms with Crippen LogP contribution in [0.25, 0.3) is 0 Å². The lowest BCUT2D eigenvalue weighted by Crippen LogP contribution is -2.29. The Bertz CT molecular complexity index is 694. The average Bonchev–Trinajstić information content (AvgIpc) is 3.01. The average molecular weight is 327 g/mol. The second-order valence-corrected chi connectivity index (χ2v) is 6.28. The van der Waals surface area contributed by atoms with Crippen molar-refractivity contribution in [2.75, 3.05) is 18.4 Å². The smallest absolute Gasteiger partial charge is 0.220 e. The molecule has 24 heavy (non-hydrogen) atoms. The van der Waals surface area contributed by atoms with Crippen LogP contribution in [0.2, 0.25) is 0 Å². The molecule has 2 aromatic rings. The minimum atomic E-state index is 0.0714. The molecular formula is C18H25N5O. The highest BCUT2D eigenvalue weighted by atomic mass is 16.1. The third kappa shape index (κ3) is 4.13. The molecule has 6 heteroatoms. The Labute approximate surface area is 142 Å². The van der Waals surface area contributed by atoms with Crippen molar-refractivity contribution in [3.05, 3.63) is 40.8 Å². The lowest BCUT2D eigenvalue weighted by Gasteiger charge is -2.11. The number of amides is 1. The molecule has 0 atom stereocenters. The zero-order valence-electron chi connectivity index (χ0n) is 14.2. The fourth-order valence-corrected chi connectivity index (χ4v) is 3.13. The monoisotopic (exact) mass is 327 g/mol. The van der Waals surface area contributed by atoms with Crippen LogP contribution in [0.3, 0.4) is 0 Å². The molecule has 0 saturated heterocycles. The second kappa shape index (κ2) is 7.95. The van der Waals surface area contributed by atoms with E-state index in [0.29, 0.717) is 25.9 Å². The topological polar surface area (TPSA) is 82.7 Å². The number of hydrogen-bond acceptors (Lipinski definition) is 4. The minimum Gasteiger partial charge on any atom is -0.368 e. The van der Waals surface area contributed by atoms with E-state index in [4.69, 9.17) is 0 Å². The largest absolute Gasteiger partial charge is 0.368 e. The van der Waals surface area contributed by atoms with Crippen molar-refractivity contribution in [2.45, 2.75) is 45.4 Å². The number of carbonyl (C=O) groups excluding carboxylic acids is 1. The van der Waals surface area contributed by atoms with Crippen LogP contribution in [0, 0.1) is 6.92 Å². The lowest BCUT2D eigenvalue weighted by atomic mass is 9.95. The van der Waals surface area contributed by atoms with Crippen molar-refractivity contribution >= 4 is 11.7 Å². The first-order valence-electron chi connectivity index (χ1n) is 8.71. The molecule has 1 aliphatic rings. The fourth-order valence-electron chi connectivity index (χ4n) is 3.13. The van der Waals surface area contributed by atoms with Crippen molar-refractivity contribution in [3.8, 4) is 0 Å². The number of aromatic amines is 1. The maximum Gasteiger partial charge on any atom is 0.220 e. The van der Waals surface area contributed by atoms with Crippen LogP contribution in [-0.2, 0) is 24.1 Å². The third-order valence-corrected chi connectivity index (χ3v) is 4.48. The van der Waals surface area contributed by atoms with Gasteiger partial charge in [-0.3, -0.25) is 9.89 Å². The minimum absolute atomic E-state index is 0.0714. The molecule has 1 aliphatic carbocycles. The summed E-state index contributed by atoms with van der Waals surface area (Å²) in [6.45, 7) is 3.27. The van der Waals surface area contributed by atoms with Gasteiger partial charge in [0.25, 0.3) is 0 Å². The van der Waals surface area contributed by atoms with Gasteiger partial charge in [0.15, 0.2) is 0 Å². The third-order valence-electron chi connectivity index (χ3n) is 4.48. The van der Waals surface area contributed by atoms with Gasteiger partial charge in [0.05, 0.1) is 5.69 Å². The van der Waals surface area contributed by atoms with Crippen LogP contribution >= 0.6 is 0 Å². The number of H-pyrrole nitrogens is 1. The number of aromatic nitrogens is 3. The lowest BCUT2D eigenvalue weighted by molar-refractivity contribution is -0.120. The van der Waals surface area contributed by atoms with E-state index in [1.165, 1.54) is 24.1 Å². The molecule has 0 spiro atoms. The molecule has 2 heterocycles. The highest BCUT2D eigenvalue weighted by Gasteiger charge is 2.17. The molecule has 0 radical (unpaired) electrons. The highest BCUT2D eigenvalue weighted by molar-refractivity contribution is 5.76. The molecule has 2 aromatic heterocycles. The number of aryl methyl sites for hydroxylation is 3. The SMILES string of the molecule is Cc1cccnc1NCCNC(=O)CCc1n[nH]c2c1CCCC2. The zero-order valence-corrected chi connectivity index (χ0v) is 14.2. The van der Waals surface area contributed by atoms with E-state index >= 15 is 0 Å². The van der Waals surface area contributed by atoms with Gasteiger partial charge in [0.2, 0.25) is 5.91 Å². The van der Waals surface area contributed by atoms with Crippen LogP contribution in [0.15, 0.2) is 18.3 Å². The predicted molar refractivity (Wildman–Crippen MR) is 94.0 cm³/mol. The molecule has 3 rings (SSSR count). The van der Waals surface area contributed by atoms with Gasteiger partial charge >= 0.3 is 0 Å². The summed E-state index contributed by atoms with van der Waals surface area (Å²) in [5, 5.41) is 13.7. The van der Waals surface area contributed by atoms with Crippen molar-refractivity contribution in [3.63, 3.8) is 0 Å². The summed E-state index contributed by atoms with van der Waals surface area (Å²) in [7, 11) is 0. The quantitative estimate of drug-likeness (QED) is 0.681. The summed E-state index contributed by atoms with van der Waals surface area (Å²) in [4.78, 5) is 16.3. The summed E-state index contributed by atoms with van der Waals surface area (Å²) < 4.78 is 0. The summed E-state index contributed by atoms with van der Waals surface area (Å²) in [5.41, 5.74) is 4.79. The number of hydrogen-bond donors (Lipinski definition) is 3. The van der Waals surface area contributed by atoms with Crippen molar-refractivity contribution in [1.82, 2.24) is 20.5 Å². The Morgan fingerprint density at radius 2 is 2.17 bits per heavy atom. The number of fused-ring (bicyclic) bond motifs is 1. The Morgan fingerprint density at radius 1 is 1.29 bits per heavy atom. The van der Waals surface area contributed by atoms with Gasteiger partial charge in [0.1, 0.15) is 5.82 Å². The standard InChI is InChI=1S/C18H25N5O/c1-13-5-4-10-20-18(13)21-12-11-19-17(24)9-8-16-14-6-2-3-7-15(14)22-23-16/h4-5,10H,2-3,6-9,11-12H2,1H3,(H,19,24)(H,20,21)(H,22,23). The molecule has 128 valence electrons. The predicted octanol–water partition coefficient (Wildman–Crippen LogP) is 2.15.